The highest BCUT2D eigenvalue weighted by Crippen LogP contribution is 2.54. The summed E-state index contributed by atoms with van der Waals surface area (Å²) in [4.78, 5) is 0. The second-order valence-electron chi connectivity index (χ2n) is 5.22. The molecule has 0 spiro atoms. The Morgan fingerprint density at radius 2 is 2.00 bits per heavy atom. The molecule has 0 amide bonds. The molecular weight excluding hydrogens is 243 g/mol. The van der Waals surface area contributed by atoms with Crippen molar-refractivity contribution >= 4 is 23.2 Å². The Hall–Kier alpha value is -0.240. The molecule has 0 heterocycles. The van der Waals surface area contributed by atoms with Crippen LogP contribution in [-0.2, 0) is 6.42 Å². The van der Waals surface area contributed by atoms with Gasteiger partial charge in [0.05, 0.1) is 15.6 Å². The van der Waals surface area contributed by atoms with E-state index in [9.17, 15) is 5.11 Å². The molecule has 1 N–H and O–H groups in total. The van der Waals surface area contributed by atoms with Gasteiger partial charge < -0.3 is 5.11 Å². The fourth-order valence-electron chi connectivity index (χ4n) is 2.00. The Balaban J connectivity index is 2.24. The number of rotatable bonds is 3. The SMILES string of the molecule is CC(O)(Cc1cccc(Cl)c1Cl)C1(C)CC1. The third kappa shape index (κ3) is 2.09. The van der Waals surface area contributed by atoms with Crippen molar-refractivity contribution in [2.24, 2.45) is 5.41 Å². The second-order valence-corrected chi connectivity index (χ2v) is 6.01. The first-order valence-corrected chi connectivity index (χ1v) is 6.27. The maximum atomic E-state index is 10.5. The molecule has 1 aliphatic rings. The van der Waals surface area contributed by atoms with Crippen LogP contribution in [0.15, 0.2) is 18.2 Å². The van der Waals surface area contributed by atoms with Crippen LogP contribution in [0.4, 0.5) is 0 Å². The van der Waals surface area contributed by atoms with Gasteiger partial charge in [-0.15, -0.1) is 0 Å². The first-order chi connectivity index (χ1) is 7.36. The molecule has 1 aliphatic carbocycles. The molecule has 3 heteroatoms. The van der Waals surface area contributed by atoms with E-state index in [1.165, 1.54) is 0 Å². The average Bonchev–Trinajstić information content (AvgIpc) is 2.93. The van der Waals surface area contributed by atoms with Gasteiger partial charge in [-0.3, -0.25) is 0 Å². The van der Waals surface area contributed by atoms with Gasteiger partial charge in [0.15, 0.2) is 0 Å². The van der Waals surface area contributed by atoms with Crippen LogP contribution in [0.3, 0.4) is 0 Å². The fraction of sp³-hybridized carbons (Fsp3) is 0.538. The highest BCUT2D eigenvalue weighted by Gasteiger charge is 2.52. The van der Waals surface area contributed by atoms with E-state index < -0.39 is 5.60 Å². The molecule has 1 nitrogen and oxygen atoms in total. The Kier molecular flexibility index (Phi) is 2.98. The Bertz CT molecular complexity index is 408. The van der Waals surface area contributed by atoms with Crippen molar-refractivity contribution in [1.82, 2.24) is 0 Å². The molecule has 0 saturated heterocycles. The summed E-state index contributed by atoms with van der Waals surface area (Å²) in [5.74, 6) is 0. The van der Waals surface area contributed by atoms with Crippen LogP contribution in [0.2, 0.25) is 10.0 Å². The van der Waals surface area contributed by atoms with Gasteiger partial charge in [-0.25, -0.2) is 0 Å². The predicted octanol–water partition coefficient (Wildman–Crippen LogP) is 4.09. The third-order valence-corrected chi connectivity index (χ3v) is 4.72. The molecule has 1 atom stereocenters. The van der Waals surface area contributed by atoms with Gasteiger partial charge in [-0.05, 0) is 36.8 Å². The molecule has 1 saturated carbocycles. The molecule has 0 aromatic heterocycles. The minimum absolute atomic E-state index is 0.0403. The molecule has 1 aromatic carbocycles. The summed E-state index contributed by atoms with van der Waals surface area (Å²) in [7, 11) is 0. The first-order valence-electron chi connectivity index (χ1n) is 5.51. The normalized spacial score (nSPS) is 21.6. The molecule has 1 fully saturated rings. The van der Waals surface area contributed by atoms with Gasteiger partial charge in [0, 0.05) is 6.42 Å². The van der Waals surface area contributed by atoms with Crippen molar-refractivity contribution in [1.29, 1.82) is 0 Å². The molecule has 1 unspecified atom stereocenters. The van der Waals surface area contributed by atoms with Crippen molar-refractivity contribution < 1.29 is 5.11 Å². The van der Waals surface area contributed by atoms with Gasteiger partial charge in [0.1, 0.15) is 0 Å². The van der Waals surface area contributed by atoms with E-state index in [1.807, 2.05) is 19.1 Å². The van der Waals surface area contributed by atoms with Crippen LogP contribution in [0.25, 0.3) is 0 Å². The van der Waals surface area contributed by atoms with Crippen LogP contribution in [0, 0.1) is 5.41 Å². The van der Waals surface area contributed by atoms with Crippen molar-refractivity contribution in [3.63, 3.8) is 0 Å². The van der Waals surface area contributed by atoms with Gasteiger partial charge in [-0.2, -0.15) is 0 Å². The summed E-state index contributed by atoms with van der Waals surface area (Å²) < 4.78 is 0. The highest BCUT2D eigenvalue weighted by atomic mass is 35.5. The number of hydrogen-bond donors (Lipinski definition) is 1. The summed E-state index contributed by atoms with van der Waals surface area (Å²) >= 11 is 12.1. The van der Waals surface area contributed by atoms with E-state index in [1.54, 1.807) is 6.07 Å². The zero-order valence-electron chi connectivity index (χ0n) is 9.56. The molecule has 2 rings (SSSR count). The molecule has 0 bridgehead atoms. The minimum Gasteiger partial charge on any atom is -0.389 e. The van der Waals surface area contributed by atoms with Crippen molar-refractivity contribution in [3.05, 3.63) is 33.8 Å². The molecule has 16 heavy (non-hydrogen) atoms. The van der Waals surface area contributed by atoms with E-state index >= 15 is 0 Å². The Morgan fingerprint density at radius 3 is 2.56 bits per heavy atom. The lowest BCUT2D eigenvalue weighted by molar-refractivity contribution is -0.00700. The molecule has 1 aromatic rings. The van der Waals surface area contributed by atoms with Crippen LogP contribution in [0.1, 0.15) is 32.3 Å². The fourth-order valence-corrected chi connectivity index (χ4v) is 2.38. The maximum absolute atomic E-state index is 10.5. The summed E-state index contributed by atoms with van der Waals surface area (Å²) in [5.41, 5.74) is 0.257. The van der Waals surface area contributed by atoms with Gasteiger partial charge in [-0.1, -0.05) is 42.3 Å². The summed E-state index contributed by atoms with van der Waals surface area (Å²) in [6.07, 6.45) is 2.72. The topological polar surface area (TPSA) is 20.2 Å². The van der Waals surface area contributed by atoms with Gasteiger partial charge in [0.25, 0.3) is 0 Å². The summed E-state index contributed by atoms with van der Waals surface area (Å²) in [6, 6.07) is 5.56. The van der Waals surface area contributed by atoms with Crippen molar-refractivity contribution in [3.8, 4) is 0 Å². The lowest BCUT2D eigenvalue weighted by Gasteiger charge is -2.31. The van der Waals surface area contributed by atoms with Crippen LogP contribution >= 0.6 is 23.2 Å². The third-order valence-electron chi connectivity index (χ3n) is 3.87. The van der Waals surface area contributed by atoms with E-state index in [4.69, 9.17) is 23.2 Å². The maximum Gasteiger partial charge on any atom is 0.0713 e. The number of benzene rings is 1. The monoisotopic (exact) mass is 258 g/mol. The Morgan fingerprint density at radius 1 is 1.38 bits per heavy atom. The van der Waals surface area contributed by atoms with Crippen molar-refractivity contribution in [2.45, 2.75) is 38.7 Å². The van der Waals surface area contributed by atoms with Crippen LogP contribution in [-0.4, -0.2) is 10.7 Å². The quantitative estimate of drug-likeness (QED) is 0.866. The zero-order chi connectivity index (χ0) is 12.0. The Labute approximate surface area is 106 Å². The molecule has 0 radical (unpaired) electrons. The van der Waals surface area contributed by atoms with Gasteiger partial charge in [0.2, 0.25) is 0 Å². The lowest BCUT2D eigenvalue weighted by atomic mass is 9.82. The number of aliphatic hydroxyl groups is 1. The standard InChI is InChI=1S/C13H16Cl2O/c1-12(6-7-12)13(2,16)8-9-4-3-5-10(14)11(9)15/h3-5,16H,6-8H2,1-2H3. The zero-order valence-corrected chi connectivity index (χ0v) is 11.1. The highest BCUT2D eigenvalue weighted by molar-refractivity contribution is 6.42. The van der Waals surface area contributed by atoms with E-state index in [-0.39, 0.29) is 5.41 Å². The number of halogens is 2. The first kappa shape index (κ1) is 12.2. The molecular formula is C13H16Cl2O. The van der Waals surface area contributed by atoms with E-state index in [2.05, 4.69) is 6.92 Å². The lowest BCUT2D eigenvalue weighted by Crippen LogP contribution is -2.36. The summed E-state index contributed by atoms with van der Waals surface area (Å²) in [5, 5.41) is 11.6. The predicted molar refractivity (Wildman–Crippen MR) is 68.1 cm³/mol. The van der Waals surface area contributed by atoms with Crippen LogP contribution in [0.5, 0.6) is 0 Å². The average molecular weight is 259 g/mol. The summed E-state index contributed by atoms with van der Waals surface area (Å²) in [6.45, 7) is 4.00. The van der Waals surface area contributed by atoms with E-state index in [0.29, 0.717) is 16.5 Å². The number of hydrogen-bond acceptors (Lipinski definition) is 1. The van der Waals surface area contributed by atoms with E-state index in [0.717, 1.165) is 18.4 Å². The second kappa shape index (κ2) is 3.90. The minimum atomic E-state index is -0.707. The van der Waals surface area contributed by atoms with Crippen molar-refractivity contribution in [2.75, 3.05) is 0 Å². The molecule has 88 valence electrons. The molecule has 0 aliphatic heterocycles. The van der Waals surface area contributed by atoms with Gasteiger partial charge >= 0.3 is 0 Å². The largest absolute Gasteiger partial charge is 0.389 e. The smallest absolute Gasteiger partial charge is 0.0713 e. The van der Waals surface area contributed by atoms with Crippen LogP contribution < -0.4 is 0 Å².